The maximum atomic E-state index is 5.36. The number of nitrogens with zero attached hydrogens (tertiary/aromatic N) is 1. The summed E-state index contributed by atoms with van der Waals surface area (Å²) < 4.78 is 10.7. The van der Waals surface area contributed by atoms with Crippen LogP contribution in [0.2, 0.25) is 0 Å². The third kappa shape index (κ3) is 8.40. The lowest BCUT2D eigenvalue weighted by Gasteiger charge is -2.18. The van der Waals surface area contributed by atoms with Crippen molar-refractivity contribution >= 4 is 29.9 Å². The van der Waals surface area contributed by atoms with Gasteiger partial charge in [0.25, 0.3) is 0 Å². The third-order valence-corrected chi connectivity index (χ3v) is 3.61. The van der Waals surface area contributed by atoms with Gasteiger partial charge in [-0.2, -0.15) is 0 Å². The number of halogens is 1. The van der Waals surface area contributed by atoms with Crippen molar-refractivity contribution in [1.29, 1.82) is 0 Å². The molecule has 1 unspecified atom stereocenters. The molecule has 2 aromatic rings. The van der Waals surface area contributed by atoms with Crippen LogP contribution >= 0.6 is 24.0 Å². The highest BCUT2D eigenvalue weighted by atomic mass is 127. The SMILES string of the molecule is CCOCCN=C(NCCc1ccco1)NC(C)c1ccccc1.I. The number of rotatable bonds is 9. The van der Waals surface area contributed by atoms with Crippen LogP contribution < -0.4 is 10.6 Å². The van der Waals surface area contributed by atoms with E-state index in [1.807, 2.05) is 37.3 Å². The van der Waals surface area contributed by atoms with E-state index in [-0.39, 0.29) is 30.0 Å². The van der Waals surface area contributed by atoms with Gasteiger partial charge in [0.05, 0.1) is 25.5 Å². The summed E-state index contributed by atoms with van der Waals surface area (Å²) in [6, 6.07) is 14.4. The number of nitrogens with one attached hydrogen (secondary N) is 2. The molecule has 0 saturated carbocycles. The summed E-state index contributed by atoms with van der Waals surface area (Å²) in [5, 5.41) is 6.80. The lowest BCUT2D eigenvalue weighted by atomic mass is 10.1. The molecule has 0 bridgehead atoms. The van der Waals surface area contributed by atoms with Crippen LogP contribution in [0.1, 0.15) is 31.2 Å². The second-order valence-electron chi connectivity index (χ2n) is 5.46. The van der Waals surface area contributed by atoms with E-state index in [1.54, 1.807) is 6.26 Å². The number of benzene rings is 1. The van der Waals surface area contributed by atoms with Crippen molar-refractivity contribution in [1.82, 2.24) is 10.6 Å². The highest BCUT2D eigenvalue weighted by molar-refractivity contribution is 14.0. The summed E-state index contributed by atoms with van der Waals surface area (Å²) in [6.45, 7) is 6.84. The summed E-state index contributed by atoms with van der Waals surface area (Å²) in [4.78, 5) is 4.58. The van der Waals surface area contributed by atoms with Crippen molar-refractivity contribution in [3.8, 4) is 0 Å². The zero-order chi connectivity index (χ0) is 17.0. The normalized spacial score (nSPS) is 12.3. The van der Waals surface area contributed by atoms with Crippen LogP contribution in [0.4, 0.5) is 0 Å². The first kappa shape index (κ1) is 21.5. The first-order valence-electron chi connectivity index (χ1n) is 8.49. The average molecular weight is 457 g/mol. The Morgan fingerprint density at radius 1 is 1.20 bits per heavy atom. The second kappa shape index (κ2) is 12.8. The summed E-state index contributed by atoms with van der Waals surface area (Å²) in [5.41, 5.74) is 1.22. The van der Waals surface area contributed by atoms with E-state index in [4.69, 9.17) is 9.15 Å². The molecule has 0 aliphatic carbocycles. The van der Waals surface area contributed by atoms with Crippen molar-refractivity contribution in [2.24, 2.45) is 4.99 Å². The first-order chi connectivity index (χ1) is 11.8. The molecule has 0 aliphatic rings. The van der Waals surface area contributed by atoms with E-state index in [0.29, 0.717) is 19.8 Å². The van der Waals surface area contributed by atoms with E-state index in [9.17, 15) is 0 Å². The predicted octanol–water partition coefficient (Wildman–Crippen LogP) is 3.77. The Morgan fingerprint density at radius 3 is 2.68 bits per heavy atom. The summed E-state index contributed by atoms with van der Waals surface area (Å²) in [6.07, 6.45) is 2.51. The Hall–Kier alpha value is -1.54. The molecule has 138 valence electrons. The maximum Gasteiger partial charge on any atom is 0.191 e. The molecule has 6 heteroatoms. The summed E-state index contributed by atoms with van der Waals surface area (Å²) in [5.74, 6) is 1.75. The van der Waals surface area contributed by atoms with E-state index >= 15 is 0 Å². The molecule has 1 aromatic heterocycles. The van der Waals surface area contributed by atoms with Gasteiger partial charge in [0.15, 0.2) is 5.96 Å². The van der Waals surface area contributed by atoms with Crippen LogP contribution in [0, 0.1) is 0 Å². The van der Waals surface area contributed by atoms with Crippen molar-refractivity contribution in [2.45, 2.75) is 26.3 Å². The molecular weight excluding hydrogens is 429 g/mol. The minimum Gasteiger partial charge on any atom is -0.469 e. The van der Waals surface area contributed by atoms with Gasteiger partial charge in [0.2, 0.25) is 0 Å². The third-order valence-electron chi connectivity index (χ3n) is 3.61. The number of aliphatic imine (C=N–C) groups is 1. The van der Waals surface area contributed by atoms with Gasteiger partial charge < -0.3 is 19.8 Å². The number of furan rings is 1. The minimum atomic E-state index is 0. The van der Waals surface area contributed by atoms with Gasteiger partial charge in [0, 0.05) is 19.6 Å². The molecule has 2 rings (SSSR count). The standard InChI is InChI=1S/C19H27N3O2.HI/c1-3-23-15-13-21-19(20-12-11-18-10-7-14-24-18)22-16(2)17-8-5-4-6-9-17;/h4-10,14,16H,3,11-13,15H2,1-2H3,(H2,20,21,22);1H. The zero-order valence-electron chi connectivity index (χ0n) is 14.9. The number of hydrogen-bond acceptors (Lipinski definition) is 3. The van der Waals surface area contributed by atoms with Gasteiger partial charge in [-0.05, 0) is 31.5 Å². The van der Waals surface area contributed by atoms with Crippen molar-refractivity contribution in [2.75, 3.05) is 26.3 Å². The highest BCUT2D eigenvalue weighted by Crippen LogP contribution is 2.10. The van der Waals surface area contributed by atoms with E-state index < -0.39 is 0 Å². The number of guanidine groups is 1. The Bertz CT molecular complexity index is 588. The van der Waals surface area contributed by atoms with Gasteiger partial charge in [-0.3, -0.25) is 4.99 Å². The smallest absolute Gasteiger partial charge is 0.191 e. The lowest BCUT2D eigenvalue weighted by Crippen LogP contribution is -2.40. The first-order valence-corrected chi connectivity index (χ1v) is 8.49. The average Bonchev–Trinajstić information content (AvgIpc) is 3.12. The van der Waals surface area contributed by atoms with E-state index in [2.05, 4.69) is 34.7 Å². The van der Waals surface area contributed by atoms with Crippen LogP contribution in [-0.2, 0) is 11.2 Å². The van der Waals surface area contributed by atoms with Crippen molar-refractivity contribution in [3.05, 3.63) is 60.1 Å². The van der Waals surface area contributed by atoms with Crippen LogP contribution in [0.5, 0.6) is 0 Å². The number of hydrogen-bond donors (Lipinski definition) is 2. The van der Waals surface area contributed by atoms with Gasteiger partial charge in [-0.25, -0.2) is 0 Å². The molecule has 0 spiro atoms. The quantitative estimate of drug-likeness (QED) is 0.261. The van der Waals surface area contributed by atoms with Crippen molar-refractivity contribution in [3.63, 3.8) is 0 Å². The molecule has 0 aliphatic heterocycles. The molecule has 0 amide bonds. The fourth-order valence-corrected chi connectivity index (χ4v) is 2.31. The highest BCUT2D eigenvalue weighted by Gasteiger charge is 2.07. The summed E-state index contributed by atoms with van der Waals surface area (Å²) >= 11 is 0. The topological polar surface area (TPSA) is 58.8 Å². The molecular formula is C19H28IN3O2. The van der Waals surface area contributed by atoms with Gasteiger partial charge >= 0.3 is 0 Å². The van der Waals surface area contributed by atoms with Gasteiger partial charge in [0.1, 0.15) is 5.76 Å². The molecule has 5 nitrogen and oxygen atoms in total. The lowest BCUT2D eigenvalue weighted by molar-refractivity contribution is 0.155. The van der Waals surface area contributed by atoms with Crippen molar-refractivity contribution < 1.29 is 9.15 Å². The molecule has 0 fully saturated rings. The largest absolute Gasteiger partial charge is 0.469 e. The maximum absolute atomic E-state index is 5.36. The molecule has 0 radical (unpaired) electrons. The monoisotopic (exact) mass is 457 g/mol. The van der Waals surface area contributed by atoms with Gasteiger partial charge in [-0.15, -0.1) is 24.0 Å². The minimum absolute atomic E-state index is 0. The van der Waals surface area contributed by atoms with Crippen LogP contribution in [0.3, 0.4) is 0 Å². The Balaban J connectivity index is 0.00000312. The molecule has 0 saturated heterocycles. The Labute approximate surface area is 167 Å². The van der Waals surface area contributed by atoms with Crippen LogP contribution in [-0.4, -0.2) is 32.3 Å². The molecule has 1 aromatic carbocycles. The molecule has 1 heterocycles. The van der Waals surface area contributed by atoms with Crippen LogP contribution in [0.15, 0.2) is 58.1 Å². The predicted molar refractivity (Wildman–Crippen MR) is 113 cm³/mol. The molecule has 25 heavy (non-hydrogen) atoms. The van der Waals surface area contributed by atoms with E-state index in [0.717, 1.165) is 24.7 Å². The fourth-order valence-electron chi connectivity index (χ4n) is 2.31. The van der Waals surface area contributed by atoms with E-state index in [1.165, 1.54) is 5.56 Å². The molecule has 2 N–H and O–H groups in total. The Kier molecular flexibility index (Phi) is 11.0. The molecule has 1 atom stereocenters. The number of ether oxygens (including phenoxy) is 1. The van der Waals surface area contributed by atoms with Gasteiger partial charge in [-0.1, -0.05) is 30.3 Å². The summed E-state index contributed by atoms with van der Waals surface area (Å²) in [7, 11) is 0. The fraction of sp³-hybridized carbons (Fsp3) is 0.421. The second-order valence-corrected chi connectivity index (χ2v) is 5.46. The van der Waals surface area contributed by atoms with Crippen LogP contribution in [0.25, 0.3) is 0 Å². The Morgan fingerprint density at radius 2 is 2.00 bits per heavy atom. The zero-order valence-corrected chi connectivity index (χ0v) is 17.2.